The number of carbonyl (C=O) groups excluding carboxylic acids is 3. The Morgan fingerprint density at radius 2 is 1.89 bits per heavy atom. The second kappa shape index (κ2) is 6.68. The maximum absolute atomic E-state index is 11.8. The molecule has 4 nitrogen and oxygen atoms in total. The number of nitrogens with zero attached hydrogens (tertiary/aromatic N) is 1. The second-order valence-corrected chi connectivity index (χ2v) is 4.19. The number of likely N-dealkylation sites (tertiary alicyclic amines) is 1. The molecule has 1 unspecified atom stereocenters. The second-order valence-electron chi connectivity index (χ2n) is 4.19. The third-order valence-corrected chi connectivity index (χ3v) is 2.85. The van der Waals surface area contributed by atoms with Gasteiger partial charge in [0.1, 0.15) is 5.78 Å². The Bertz CT molecular complexity index is 472. The summed E-state index contributed by atoms with van der Waals surface area (Å²) in [4.78, 5) is 36.0. The van der Waals surface area contributed by atoms with Crippen molar-refractivity contribution in [3.63, 3.8) is 0 Å². The molecule has 1 atom stereocenters. The first-order valence-corrected chi connectivity index (χ1v) is 5.45. The van der Waals surface area contributed by atoms with E-state index in [2.05, 4.69) is 0 Å². The monoisotopic (exact) mass is 369 g/mol. The fourth-order valence-electron chi connectivity index (χ4n) is 2.02. The molecule has 1 amide bonds. The molecule has 0 saturated carbocycles. The van der Waals surface area contributed by atoms with Crippen molar-refractivity contribution in [1.82, 2.24) is 4.90 Å². The Morgan fingerprint density at radius 1 is 1.28 bits per heavy atom. The van der Waals surface area contributed by atoms with Gasteiger partial charge in [-0.1, -0.05) is 30.3 Å². The Morgan fingerprint density at radius 3 is 2.39 bits per heavy atom. The molecule has 1 heterocycles. The molecule has 0 aromatic heterocycles. The van der Waals surface area contributed by atoms with Crippen molar-refractivity contribution in [2.24, 2.45) is 5.92 Å². The summed E-state index contributed by atoms with van der Waals surface area (Å²) in [6.07, 6.45) is 0. The van der Waals surface area contributed by atoms with Crippen LogP contribution in [-0.4, -0.2) is 77.8 Å². The van der Waals surface area contributed by atoms with Crippen LogP contribution < -0.4 is 0 Å². The number of benzene rings is 1. The standard InChI is InChI=1S/C13H13NO3.Ba/c1-9(15)12-11(16)8-14(13(12)17)7-10-5-3-2-4-6-10;/h2-6,12H,7-8H2,1H3;. The third kappa shape index (κ3) is 3.33. The molecule has 0 aliphatic carbocycles. The maximum atomic E-state index is 11.8. The number of rotatable bonds is 3. The number of hydrogen-bond donors (Lipinski definition) is 0. The molecule has 1 aliphatic heterocycles. The Balaban J connectivity index is 0.00000162. The van der Waals surface area contributed by atoms with E-state index in [-0.39, 0.29) is 72.9 Å². The van der Waals surface area contributed by atoms with Crippen molar-refractivity contribution in [2.75, 3.05) is 6.54 Å². The molecule has 0 bridgehead atoms. The fraction of sp³-hybridized carbons (Fsp3) is 0.308. The van der Waals surface area contributed by atoms with E-state index in [0.717, 1.165) is 5.56 Å². The molecule has 1 aromatic rings. The molecule has 90 valence electrons. The van der Waals surface area contributed by atoms with Gasteiger partial charge in [-0.15, -0.1) is 0 Å². The van der Waals surface area contributed by atoms with Gasteiger partial charge in [0.25, 0.3) is 0 Å². The Labute approximate surface area is 146 Å². The van der Waals surface area contributed by atoms with Gasteiger partial charge in [-0.2, -0.15) is 0 Å². The van der Waals surface area contributed by atoms with E-state index in [9.17, 15) is 14.4 Å². The van der Waals surface area contributed by atoms with Gasteiger partial charge in [-0.3, -0.25) is 14.4 Å². The normalized spacial score (nSPS) is 18.7. The van der Waals surface area contributed by atoms with E-state index in [4.69, 9.17) is 0 Å². The van der Waals surface area contributed by atoms with Gasteiger partial charge in [0.2, 0.25) is 5.91 Å². The van der Waals surface area contributed by atoms with Gasteiger partial charge in [-0.05, 0) is 12.5 Å². The Hall–Kier alpha value is -0.399. The van der Waals surface area contributed by atoms with Crippen molar-refractivity contribution in [2.45, 2.75) is 13.5 Å². The van der Waals surface area contributed by atoms with Crippen LogP contribution in [0.4, 0.5) is 0 Å². The van der Waals surface area contributed by atoms with E-state index >= 15 is 0 Å². The minimum absolute atomic E-state index is 0. The molecule has 2 rings (SSSR count). The average Bonchev–Trinajstić information content (AvgIpc) is 2.55. The van der Waals surface area contributed by atoms with E-state index in [0.29, 0.717) is 6.54 Å². The fourth-order valence-corrected chi connectivity index (χ4v) is 2.02. The van der Waals surface area contributed by atoms with E-state index in [1.807, 2.05) is 30.3 Å². The largest absolute Gasteiger partial charge is 0.330 e. The van der Waals surface area contributed by atoms with Gasteiger partial charge in [-0.25, -0.2) is 0 Å². The minimum atomic E-state index is -1.07. The molecule has 2 radical (unpaired) electrons. The number of ketones is 2. The van der Waals surface area contributed by atoms with E-state index in [1.165, 1.54) is 11.8 Å². The van der Waals surface area contributed by atoms with Gasteiger partial charge in [0, 0.05) is 55.4 Å². The predicted octanol–water partition coefficient (Wildman–Crippen LogP) is 0.422. The molecule has 1 aliphatic rings. The first-order valence-electron chi connectivity index (χ1n) is 5.45. The van der Waals surface area contributed by atoms with Crippen LogP contribution in [0.25, 0.3) is 0 Å². The van der Waals surface area contributed by atoms with E-state index < -0.39 is 5.92 Å². The number of hydrogen-bond acceptors (Lipinski definition) is 3. The average molecular weight is 369 g/mol. The molecule has 0 N–H and O–H groups in total. The van der Waals surface area contributed by atoms with Crippen LogP contribution >= 0.6 is 0 Å². The Kier molecular flexibility index (Phi) is 5.81. The smallest absolute Gasteiger partial charge is 0.241 e. The molecule has 18 heavy (non-hydrogen) atoms. The molecular weight excluding hydrogens is 355 g/mol. The van der Waals surface area contributed by atoms with Crippen LogP contribution in [0.3, 0.4) is 0 Å². The first kappa shape index (κ1) is 15.7. The summed E-state index contributed by atoms with van der Waals surface area (Å²) in [7, 11) is 0. The summed E-state index contributed by atoms with van der Waals surface area (Å²) in [5.74, 6) is -2.10. The molecular formula is C13H13BaNO3. The molecule has 1 fully saturated rings. The van der Waals surface area contributed by atoms with Crippen molar-refractivity contribution >= 4 is 66.4 Å². The topological polar surface area (TPSA) is 54.5 Å². The summed E-state index contributed by atoms with van der Waals surface area (Å²) < 4.78 is 0. The van der Waals surface area contributed by atoms with Crippen LogP contribution in [0.1, 0.15) is 12.5 Å². The summed E-state index contributed by atoms with van der Waals surface area (Å²) in [5.41, 5.74) is 0.956. The van der Waals surface area contributed by atoms with Gasteiger partial charge < -0.3 is 4.90 Å². The maximum Gasteiger partial charge on any atom is 0.241 e. The number of carbonyl (C=O) groups is 3. The SMILES string of the molecule is CC(=O)C1C(=O)CN(Cc2ccccc2)C1=O.[Ba]. The summed E-state index contributed by atoms with van der Waals surface area (Å²) in [5, 5.41) is 0. The minimum Gasteiger partial charge on any atom is -0.330 e. The number of Topliss-reactive ketones (excluding diaryl/α,β-unsaturated/α-hetero) is 2. The molecule has 1 aromatic carbocycles. The van der Waals surface area contributed by atoms with Crippen LogP contribution in [0.5, 0.6) is 0 Å². The van der Waals surface area contributed by atoms with Crippen LogP contribution in [-0.2, 0) is 20.9 Å². The third-order valence-electron chi connectivity index (χ3n) is 2.85. The first-order chi connectivity index (χ1) is 8.09. The quantitative estimate of drug-likeness (QED) is 0.574. The predicted molar refractivity (Wildman–Crippen MR) is 66.8 cm³/mol. The van der Waals surface area contributed by atoms with Crippen LogP contribution in [0.15, 0.2) is 30.3 Å². The zero-order valence-electron chi connectivity index (χ0n) is 10.3. The van der Waals surface area contributed by atoms with Gasteiger partial charge in [0.15, 0.2) is 11.7 Å². The molecule has 5 heteroatoms. The van der Waals surface area contributed by atoms with Crippen molar-refractivity contribution in [3.05, 3.63) is 35.9 Å². The molecule has 0 spiro atoms. The summed E-state index contributed by atoms with van der Waals surface area (Å²) in [6, 6.07) is 9.41. The van der Waals surface area contributed by atoms with Gasteiger partial charge >= 0.3 is 0 Å². The van der Waals surface area contributed by atoms with Crippen molar-refractivity contribution in [1.29, 1.82) is 0 Å². The zero-order chi connectivity index (χ0) is 12.4. The number of amides is 1. The zero-order valence-corrected chi connectivity index (χ0v) is 14.7. The van der Waals surface area contributed by atoms with Crippen molar-refractivity contribution < 1.29 is 14.4 Å². The van der Waals surface area contributed by atoms with Crippen molar-refractivity contribution in [3.8, 4) is 0 Å². The summed E-state index contributed by atoms with van der Waals surface area (Å²) >= 11 is 0. The summed E-state index contributed by atoms with van der Waals surface area (Å²) in [6.45, 7) is 1.71. The van der Waals surface area contributed by atoms with Crippen LogP contribution in [0.2, 0.25) is 0 Å². The van der Waals surface area contributed by atoms with Crippen LogP contribution in [0, 0.1) is 5.92 Å². The molecule has 1 saturated heterocycles. The van der Waals surface area contributed by atoms with Gasteiger partial charge in [0.05, 0.1) is 6.54 Å². The van der Waals surface area contributed by atoms with E-state index in [1.54, 1.807) is 0 Å².